The molecule has 5 heteroatoms. The van der Waals surface area contributed by atoms with Gasteiger partial charge in [0.05, 0.1) is 18.6 Å². The number of piperazine rings is 1. The second kappa shape index (κ2) is 5.77. The first-order valence-electron chi connectivity index (χ1n) is 7.02. The molecule has 21 heavy (non-hydrogen) atoms. The number of rotatable bonds is 3. The molecule has 5 nitrogen and oxygen atoms in total. The molecule has 1 aliphatic rings. The van der Waals surface area contributed by atoms with E-state index in [-0.39, 0.29) is 24.1 Å². The number of hydrogen-bond acceptors (Lipinski definition) is 4. The van der Waals surface area contributed by atoms with Gasteiger partial charge in [-0.25, -0.2) is 0 Å². The molecule has 0 spiro atoms. The summed E-state index contributed by atoms with van der Waals surface area (Å²) in [4.78, 5) is 37.4. The lowest BCUT2D eigenvalue weighted by atomic mass is 9.98. The van der Waals surface area contributed by atoms with Gasteiger partial charge in [0, 0.05) is 5.56 Å². The average Bonchev–Trinajstić information content (AvgIpc) is 2.44. The van der Waals surface area contributed by atoms with Gasteiger partial charge < -0.3 is 0 Å². The zero-order valence-corrected chi connectivity index (χ0v) is 12.8. The Kier molecular flexibility index (Phi) is 4.23. The summed E-state index contributed by atoms with van der Waals surface area (Å²) < 4.78 is 0. The lowest BCUT2D eigenvalue weighted by Gasteiger charge is -2.35. The van der Waals surface area contributed by atoms with Crippen molar-refractivity contribution in [1.82, 2.24) is 10.2 Å². The number of imide groups is 1. The normalized spacial score (nSPS) is 21.0. The molecule has 1 fully saturated rings. The van der Waals surface area contributed by atoms with Gasteiger partial charge in [0.25, 0.3) is 0 Å². The molecule has 112 valence electrons. The number of benzene rings is 1. The molecule has 1 saturated heterocycles. The molecule has 0 radical (unpaired) electrons. The quantitative estimate of drug-likeness (QED) is 0.671. The summed E-state index contributed by atoms with van der Waals surface area (Å²) in [5.41, 5.74) is 2.78. The largest absolute Gasteiger partial charge is 0.294 e. The third kappa shape index (κ3) is 3.03. The summed E-state index contributed by atoms with van der Waals surface area (Å²) in [7, 11) is 0. The number of hydrogen-bond donors (Lipinski definition) is 1. The van der Waals surface area contributed by atoms with Gasteiger partial charge in [-0.05, 0) is 44.9 Å². The number of Topliss-reactive ketones (excluding diaryl/α,β-unsaturated/α-hetero) is 1. The molecule has 1 heterocycles. The highest BCUT2D eigenvalue weighted by molar-refractivity contribution is 6.04. The lowest BCUT2D eigenvalue weighted by Crippen LogP contribution is -2.60. The third-order valence-electron chi connectivity index (χ3n) is 4.13. The molecule has 1 aromatic carbocycles. The molecule has 2 unspecified atom stereocenters. The standard InChI is InChI=1S/C16H20N2O3/c1-9-5-6-13(7-10(9)2)15(20)11(3)18-8-14(19)17-16(21)12(18)4/h5-7,11-12H,8H2,1-4H3,(H,17,19,21). The Morgan fingerprint density at radius 2 is 1.95 bits per heavy atom. The van der Waals surface area contributed by atoms with Crippen LogP contribution in [0.4, 0.5) is 0 Å². The van der Waals surface area contributed by atoms with Crippen molar-refractivity contribution in [1.29, 1.82) is 0 Å². The van der Waals surface area contributed by atoms with Gasteiger partial charge in [-0.1, -0.05) is 12.1 Å². The molecule has 0 aliphatic carbocycles. The Hall–Kier alpha value is -2.01. The predicted molar refractivity (Wildman–Crippen MR) is 79.0 cm³/mol. The number of carbonyl (C=O) groups excluding carboxylic acids is 3. The van der Waals surface area contributed by atoms with Crippen LogP contribution in [0.2, 0.25) is 0 Å². The van der Waals surface area contributed by atoms with E-state index in [2.05, 4.69) is 5.32 Å². The van der Waals surface area contributed by atoms with Crippen molar-refractivity contribution >= 4 is 17.6 Å². The van der Waals surface area contributed by atoms with Crippen LogP contribution in [-0.2, 0) is 9.59 Å². The van der Waals surface area contributed by atoms with Crippen LogP contribution in [0.15, 0.2) is 18.2 Å². The van der Waals surface area contributed by atoms with Crippen molar-refractivity contribution in [2.75, 3.05) is 6.54 Å². The number of nitrogens with zero attached hydrogens (tertiary/aromatic N) is 1. The van der Waals surface area contributed by atoms with Crippen LogP contribution in [0.5, 0.6) is 0 Å². The SMILES string of the molecule is Cc1ccc(C(=O)C(C)N2CC(=O)NC(=O)C2C)cc1C. The van der Waals surface area contributed by atoms with Crippen molar-refractivity contribution in [2.24, 2.45) is 0 Å². The first-order valence-corrected chi connectivity index (χ1v) is 7.02. The van der Waals surface area contributed by atoms with E-state index < -0.39 is 12.1 Å². The minimum Gasteiger partial charge on any atom is -0.294 e. The third-order valence-corrected chi connectivity index (χ3v) is 4.13. The summed E-state index contributed by atoms with van der Waals surface area (Å²) in [6.45, 7) is 7.44. The second-order valence-corrected chi connectivity index (χ2v) is 5.60. The van der Waals surface area contributed by atoms with E-state index >= 15 is 0 Å². The van der Waals surface area contributed by atoms with Crippen molar-refractivity contribution in [2.45, 2.75) is 39.8 Å². The van der Waals surface area contributed by atoms with Crippen LogP contribution in [0.1, 0.15) is 35.3 Å². The summed E-state index contributed by atoms with van der Waals surface area (Å²) >= 11 is 0. The van der Waals surface area contributed by atoms with E-state index in [4.69, 9.17) is 0 Å². The molecule has 2 atom stereocenters. The smallest absolute Gasteiger partial charge is 0.243 e. The maximum atomic E-state index is 12.6. The minimum absolute atomic E-state index is 0.0602. The average molecular weight is 288 g/mol. The Morgan fingerprint density at radius 1 is 1.29 bits per heavy atom. The van der Waals surface area contributed by atoms with Crippen LogP contribution in [0.25, 0.3) is 0 Å². The fourth-order valence-corrected chi connectivity index (χ4v) is 2.49. The lowest BCUT2D eigenvalue weighted by molar-refractivity contribution is -0.140. The Labute approximate surface area is 124 Å². The summed E-state index contributed by atoms with van der Waals surface area (Å²) in [6.07, 6.45) is 0. The number of nitrogens with one attached hydrogen (secondary N) is 1. The Balaban J connectivity index is 2.23. The van der Waals surface area contributed by atoms with Crippen LogP contribution < -0.4 is 5.32 Å². The number of aryl methyl sites for hydroxylation is 2. The van der Waals surface area contributed by atoms with E-state index in [1.807, 2.05) is 26.0 Å². The van der Waals surface area contributed by atoms with Gasteiger partial charge in [0.15, 0.2) is 5.78 Å². The second-order valence-electron chi connectivity index (χ2n) is 5.60. The Morgan fingerprint density at radius 3 is 2.57 bits per heavy atom. The molecule has 0 saturated carbocycles. The molecule has 1 aromatic rings. The molecule has 0 aromatic heterocycles. The monoisotopic (exact) mass is 288 g/mol. The van der Waals surface area contributed by atoms with Crippen molar-refractivity contribution in [3.8, 4) is 0 Å². The van der Waals surface area contributed by atoms with Crippen LogP contribution in [0.3, 0.4) is 0 Å². The van der Waals surface area contributed by atoms with Gasteiger partial charge in [-0.3, -0.25) is 24.6 Å². The molecule has 2 rings (SSSR count). The van der Waals surface area contributed by atoms with E-state index in [9.17, 15) is 14.4 Å². The van der Waals surface area contributed by atoms with Crippen LogP contribution in [0, 0.1) is 13.8 Å². The van der Waals surface area contributed by atoms with Gasteiger partial charge >= 0.3 is 0 Å². The molecular weight excluding hydrogens is 268 g/mol. The van der Waals surface area contributed by atoms with Gasteiger partial charge in [-0.15, -0.1) is 0 Å². The zero-order chi connectivity index (χ0) is 15.7. The van der Waals surface area contributed by atoms with Crippen molar-refractivity contribution in [3.63, 3.8) is 0 Å². The highest BCUT2D eigenvalue weighted by atomic mass is 16.2. The number of amides is 2. The first-order chi connectivity index (χ1) is 9.81. The van der Waals surface area contributed by atoms with Gasteiger partial charge in [0.2, 0.25) is 11.8 Å². The summed E-state index contributed by atoms with van der Waals surface area (Å²) in [5, 5.41) is 2.28. The number of carbonyl (C=O) groups is 3. The summed E-state index contributed by atoms with van der Waals surface area (Å²) in [5.74, 6) is -0.795. The van der Waals surface area contributed by atoms with E-state index in [1.54, 1.807) is 24.8 Å². The highest BCUT2D eigenvalue weighted by Gasteiger charge is 2.36. The van der Waals surface area contributed by atoms with E-state index in [0.29, 0.717) is 5.56 Å². The van der Waals surface area contributed by atoms with E-state index in [0.717, 1.165) is 11.1 Å². The summed E-state index contributed by atoms with van der Waals surface area (Å²) in [6, 6.07) is 4.54. The maximum Gasteiger partial charge on any atom is 0.243 e. The molecule has 1 aliphatic heterocycles. The fourth-order valence-electron chi connectivity index (χ4n) is 2.49. The zero-order valence-electron chi connectivity index (χ0n) is 12.8. The fraction of sp³-hybridized carbons (Fsp3) is 0.438. The molecule has 0 bridgehead atoms. The minimum atomic E-state index is -0.517. The van der Waals surface area contributed by atoms with E-state index in [1.165, 1.54) is 0 Å². The molecule has 1 N–H and O–H groups in total. The maximum absolute atomic E-state index is 12.6. The molecular formula is C16H20N2O3. The van der Waals surface area contributed by atoms with Crippen molar-refractivity contribution in [3.05, 3.63) is 34.9 Å². The highest BCUT2D eigenvalue weighted by Crippen LogP contribution is 2.17. The Bertz CT molecular complexity index is 610. The predicted octanol–water partition coefficient (Wildman–Crippen LogP) is 1.22. The van der Waals surface area contributed by atoms with Gasteiger partial charge in [-0.2, -0.15) is 0 Å². The molecule has 2 amide bonds. The van der Waals surface area contributed by atoms with Gasteiger partial charge in [0.1, 0.15) is 0 Å². The van der Waals surface area contributed by atoms with Crippen molar-refractivity contribution < 1.29 is 14.4 Å². The van der Waals surface area contributed by atoms with Crippen LogP contribution >= 0.6 is 0 Å². The number of ketones is 1. The van der Waals surface area contributed by atoms with Crippen LogP contribution in [-0.4, -0.2) is 41.1 Å². The first kappa shape index (κ1) is 15.4. The topological polar surface area (TPSA) is 66.5 Å².